The van der Waals surface area contributed by atoms with E-state index in [9.17, 15) is 4.79 Å². The molecule has 21 heavy (non-hydrogen) atoms. The SMILES string of the molecule is CC(C(=O)Nc1cc(Cl)ccc1Cl)N1CCC(C)(CN)C1. The highest BCUT2D eigenvalue weighted by molar-refractivity contribution is 6.35. The largest absolute Gasteiger partial charge is 0.330 e. The number of hydrogen-bond donors (Lipinski definition) is 2. The minimum absolute atomic E-state index is 0.0829. The summed E-state index contributed by atoms with van der Waals surface area (Å²) in [6, 6.07) is 4.79. The fraction of sp³-hybridized carbons (Fsp3) is 0.533. The third kappa shape index (κ3) is 3.89. The molecule has 0 spiro atoms. The van der Waals surface area contributed by atoms with Crippen LogP contribution in [-0.4, -0.2) is 36.5 Å². The van der Waals surface area contributed by atoms with E-state index in [1.807, 2.05) is 6.92 Å². The first-order valence-corrected chi connectivity index (χ1v) is 7.80. The first-order valence-electron chi connectivity index (χ1n) is 7.05. The second kappa shape index (κ2) is 6.53. The molecule has 0 bridgehead atoms. The van der Waals surface area contributed by atoms with Crippen LogP contribution in [-0.2, 0) is 4.79 Å². The molecular formula is C15H21Cl2N3O. The van der Waals surface area contributed by atoms with Crippen LogP contribution in [0.25, 0.3) is 0 Å². The van der Waals surface area contributed by atoms with Crippen LogP contribution in [0, 0.1) is 5.41 Å². The van der Waals surface area contributed by atoms with Gasteiger partial charge in [-0.05, 0) is 50.0 Å². The number of carbonyl (C=O) groups is 1. The minimum atomic E-state index is -0.228. The molecule has 0 radical (unpaired) electrons. The van der Waals surface area contributed by atoms with Crippen molar-refractivity contribution in [1.82, 2.24) is 4.90 Å². The lowest BCUT2D eigenvalue weighted by molar-refractivity contribution is -0.120. The van der Waals surface area contributed by atoms with E-state index in [-0.39, 0.29) is 17.4 Å². The topological polar surface area (TPSA) is 58.4 Å². The number of benzene rings is 1. The van der Waals surface area contributed by atoms with Crippen LogP contribution < -0.4 is 11.1 Å². The summed E-state index contributed by atoms with van der Waals surface area (Å²) in [6.07, 6.45) is 1.01. The lowest BCUT2D eigenvalue weighted by Gasteiger charge is -2.26. The zero-order valence-corrected chi connectivity index (χ0v) is 13.8. The first kappa shape index (κ1) is 16.6. The fourth-order valence-corrected chi connectivity index (χ4v) is 2.89. The van der Waals surface area contributed by atoms with Crippen molar-refractivity contribution in [2.45, 2.75) is 26.3 Å². The maximum absolute atomic E-state index is 12.4. The number of carbonyl (C=O) groups excluding carboxylic acids is 1. The Kier molecular flexibility index (Phi) is 5.15. The van der Waals surface area contributed by atoms with E-state index >= 15 is 0 Å². The summed E-state index contributed by atoms with van der Waals surface area (Å²) in [4.78, 5) is 14.5. The van der Waals surface area contributed by atoms with Gasteiger partial charge in [0.1, 0.15) is 0 Å². The number of nitrogens with zero attached hydrogens (tertiary/aromatic N) is 1. The molecule has 1 saturated heterocycles. The number of rotatable bonds is 4. The van der Waals surface area contributed by atoms with Crippen molar-refractivity contribution in [2.24, 2.45) is 11.1 Å². The second-order valence-corrected chi connectivity index (χ2v) is 6.87. The molecular weight excluding hydrogens is 309 g/mol. The molecule has 2 rings (SSSR count). The predicted octanol–water partition coefficient (Wildman–Crippen LogP) is 2.99. The molecule has 1 aromatic carbocycles. The summed E-state index contributed by atoms with van der Waals surface area (Å²) in [5.41, 5.74) is 6.45. The summed E-state index contributed by atoms with van der Waals surface area (Å²) in [5.74, 6) is -0.0829. The van der Waals surface area contributed by atoms with Gasteiger partial charge in [-0.25, -0.2) is 0 Å². The number of anilines is 1. The van der Waals surface area contributed by atoms with Crippen LogP contribution in [0.4, 0.5) is 5.69 Å². The second-order valence-electron chi connectivity index (χ2n) is 6.02. The van der Waals surface area contributed by atoms with Gasteiger partial charge in [0.05, 0.1) is 16.8 Å². The van der Waals surface area contributed by atoms with Gasteiger partial charge in [-0.15, -0.1) is 0 Å². The maximum Gasteiger partial charge on any atom is 0.241 e. The van der Waals surface area contributed by atoms with Crippen molar-refractivity contribution in [3.8, 4) is 0 Å². The first-order chi connectivity index (χ1) is 9.84. The summed E-state index contributed by atoms with van der Waals surface area (Å²) in [7, 11) is 0. The predicted molar refractivity (Wildman–Crippen MR) is 87.9 cm³/mol. The van der Waals surface area contributed by atoms with Crippen LogP contribution in [0.15, 0.2) is 18.2 Å². The van der Waals surface area contributed by atoms with E-state index < -0.39 is 0 Å². The van der Waals surface area contributed by atoms with Gasteiger partial charge in [0.15, 0.2) is 0 Å². The number of likely N-dealkylation sites (tertiary alicyclic amines) is 1. The molecule has 2 atom stereocenters. The number of nitrogens with one attached hydrogen (secondary N) is 1. The average Bonchev–Trinajstić information content (AvgIpc) is 2.85. The number of amides is 1. The monoisotopic (exact) mass is 329 g/mol. The third-order valence-corrected chi connectivity index (χ3v) is 4.76. The average molecular weight is 330 g/mol. The van der Waals surface area contributed by atoms with Crippen molar-refractivity contribution in [3.05, 3.63) is 28.2 Å². The highest BCUT2D eigenvalue weighted by atomic mass is 35.5. The molecule has 2 unspecified atom stereocenters. The van der Waals surface area contributed by atoms with Crippen LogP contribution in [0.5, 0.6) is 0 Å². The van der Waals surface area contributed by atoms with Crippen LogP contribution >= 0.6 is 23.2 Å². The molecule has 1 heterocycles. The number of nitrogens with two attached hydrogens (primary N) is 1. The van der Waals surface area contributed by atoms with Gasteiger partial charge >= 0.3 is 0 Å². The summed E-state index contributed by atoms with van der Waals surface area (Å²) < 4.78 is 0. The summed E-state index contributed by atoms with van der Waals surface area (Å²) in [5, 5.41) is 3.87. The van der Waals surface area contributed by atoms with E-state index in [4.69, 9.17) is 28.9 Å². The summed E-state index contributed by atoms with van der Waals surface area (Å²) in [6.45, 7) is 6.41. The van der Waals surface area contributed by atoms with Crippen LogP contribution in [0.2, 0.25) is 10.0 Å². The quantitative estimate of drug-likeness (QED) is 0.892. The number of halogens is 2. The molecule has 6 heteroatoms. The standard InChI is InChI=1S/C15H21Cl2N3O/c1-10(20-6-5-15(2,8-18)9-20)14(21)19-13-7-11(16)3-4-12(13)17/h3-4,7,10H,5-6,8-9,18H2,1-2H3,(H,19,21). The number of hydrogen-bond acceptors (Lipinski definition) is 3. The van der Waals surface area contributed by atoms with Crippen molar-refractivity contribution < 1.29 is 4.79 Å². The Balaban J connectivity index is 2.02. The van der Waals surface area contributed by atoms with Gasteiger partial charge in [0, 0.05) is 11.6 Å². The minimum Gasteiger partial charge on any atom is -0.330 e. The molecule has 1 amide bonds. The highest BCUT2D eigenvalue weighted by Crippen LogP contribution is 2.30. The molecule has 1 aliphatic rings. The van der Waals surface area contributed by atoms with Gasteiger partial charge in [-0.1, -0.05) is 30.1 Å². The van der Waals surface area contributed by atoms with Gasteiger partial charge in [0.25, 0.3) is 0 Å². The van der Waals surface area contributed by atoms with Crippen molar-refractivity contribution in [1.29, 1.82) is 0 Å². The molecule has 0 saturated carbocycles. The van der Waals surface area contributed by atoms with Crippen molar-refractivity contribution in [2.75, 3.05) is 25.0 Å². The lowest BCUT2D eigenvalue weighted by Crippen LogP contribution is -2.42. The normalized spacial score (nSPS) is 24.0. The molecule has 1 aliphatic heterocycles. The Bertz CT molecular complexity index is 538. The van der Waals surface area contributed by atoms with E-state index in [2.05, 4.69) is 17.1 Å². The van der Waals surface area contributed by atoms with Crippen molar-refractivity contribution >= 4 is 34.8 Å². The Labute approximate surface area is 135 Å². The van der Waals surface area contributed by atoms with E-state index in [0.717, 1.165) is 19.5 Å². The lowest BCUT2D eigenvalue weighted by atomic mass is 9.90. The smallest absolute Gasteiger partial charge is 0.241 e. The Morgan fingerprint density at radius 1 is 1.52 bits per heavy atom. The highest BCUT2D eigenvalue weighted by Gasteiger charge is 2.36. The van der Waals surface area contributed by atoms with Gasteiger partial charge in [-0.3, -0.25) is 9.69 Å². The molecule has 1 fully saturated rings. The Morgan fingerprint density at radius 2 is 2.24 bits per heavy atom. The maximum atomic E-state index is 12.4. The van der Waals surface area contributed by atoms with E-state index in [0.29, 0.717) is 22.3 Å². The Hall–Kier alpha value is -0.810. The van der Waals surface area contributed by atoms with Gasteiger partial charge in [0.2, 0.25) is 5.91 Å². The fourth-order valence-electron chi connectivity index (χ4n) is 2.56. The van der Waals surface area contributed by atoms with Crippen molar-refractivity contribution in [3.63, 3.8) is 0 Å². The van der Waals surface area contributed by atoms with E-state index in [1.54, 1.807) is 18.2 Å². The molecule has 3 N–H and O–H groups in total. The van der Waals surface area contributed by atoms with Gasteiger partial charge in [-0.2, -0.15) is 0 Å². The summed E-state index contributed by atoms with van der Waals surface area (Å²) >= 11 is 12.0. The van der Waals surface area contributed by atoms with Crippen LogP contribution in [0.3, 0.4) is 0 Å². The van der Waals surface area contributed by atoms with E-state index in [1.165, 1.54) is 0 Å². The third-order valence-electron chi connectivity index (χ3n) is 4.19. The Morgan fingerprint density at radius 3 is 2.86 bits per heavy atom. The van der Waals surface area contributed by atoms with Gasteiger partial charge < -0.3 is 11.1 Å². The van der Waals surface area contributed by atoms with Crippen LogP contribution in [0.1, 0.15) is 20.3 Å². The molecule has 4 nitrogen and oxygen atoms in total. The molecule has 116 valence electrons. The molecule has 1 aromatic rings. The zero-order chi connectivity index (χ0) is 15.6. The molecule has 0 aromatic heterocycles. The zero-order valence-electron chi connectivity index (χ0n) is 12.3. The molecule has 0 aliphatic carbocycles.